The van der Waals surface area contributed by atoms with Crippen LogP contribution in [-0.2, 0) is 11.2 Å². The first-order valence-corrected chi connectivity index (χ1v) is 6.65. The first-order chi connectivity index (χ1) is 8.69. The quantitative estimate of drug-likeness (QED) is 0.803. The normalized spacial score (nSPS) is 12.9. The minimum absolute atomic E-state index is 0.0690. The van der Waals surface area contributed by atoms with Crippen LogP contribution in [0.15, 0.2) is 24.3 Å². The Kier molecular flexibility index (Phi) is 4.87. The summed E-state index contributed by atoms with van der Waals surface area (Å²) in [5.41, 5.74) is 2.37. The van der Waals surface area contributed by atoms with E-state index in [1.165, 1.54) is 0 Å². The molecular weight excluding hydrogens is 236 g/mol. The minimum Gasteiger partial charge on any atom is -0.351 e. The topological polar surface area (TPSA) is 53.0 Å². The van der Waals surface area contributed by atoms with E-state index in [1.807, 2.05) is 52.0 Å². The smallest absolute Gasteiger partial charge is 0.223 e. The summed E-state index contributed by atoms with van der Waals surface area (Å²) in [4.78, 5) is 12.0. The van der Waals surface area contributed by atoms with Gasteiger partial charge in [0.25, 0.3) is 0 Å². The van der Waals surface area contributed by atoms with Gasteiger partial charge in [-0.05, 0) is 51.3 Å². The van der Waals surface area contributed by atoms with Gasteiger partial charge in [0.15, 0.2) is 0 Å². The number of nitrogens with one attached hydrogen (secondary N) is 2. The standard InChI is InChI=1S/C16H24N2O/c1-11(15(19)18-16(3,4)5)9-13-7-6-8-14(10-13)12(2)17/h6-8,10-11,17H,9H2,1-5H3,(H,18,19). The molecule has 0 spiro atoms. The van der Waals surface area contributed by atoms with Gasteiger partial charge in [-0.3, -0.25) is 4.79 Å². The van der Waals surface area contributed by atoms with Crippen molar-refractivity contribution >= 4 is 11.6 Å². The molecule has 0 radical (unpaired) electrons. The second-order valence-corrected chi connectivity index (χ2v) is 6.17. The third-order valence-electron chi connectivity index (χ3n) is 2.85. The summed E-state index contributed by atoms with van der Waals surface area (Å²) in [5, 5.41) is 10.6. The fourth-order valence-electron chi connectivity index (χ4n) is 1.87. The molecule has 0 aliphatic carbocycles. The third kappa shape index (κ3) is 5.25. The number of benzene rings is 1. The van der Waals surface area contributed by atoms with Crippen LogP contribution in [0.4, 0.5) is 0 Å². The second-order valence-electron chi connectivity index (χ2n) is 6.17. The van der Waals surface area contributed by atoms with Crippen LogP contribution in [0.5, 0.6) is 0 Å². The van der Waals surface area contributed by atoms with Crippen molar-refractivity contribution in [1.29, 1.82) is 5.41 Å². The highest BCUT2D eigenvalue weighted by Crippen LogP contribution is 2.13. The maximum absolute atomic E-state index is 12.0. The van der Waals surface area contributed by atoms with Gasteiger partial charge in [0, 0.05) is 17.2 Å². The number of hydrogen-bond acceptors (Lipinski definition) is 2. The maximum Gasteiger partial charge on any atom is 0.223 e. The first kappa shape index (κ1) is 15.4. The summed E-state index contributed by atoms with van der Waals surface area (Å²) in [6.45, 7) is 9.66. The van der Waals surface area contributed by atoms with Gasteiger partial charge in [0.05, 0.1) is 0 Å². The summed E-state index contributed by atoms with van der Waals surface area (Å²) >= 11 is 0. The van der Waals surface area contributed by atoms with E-state index in [-0.39, 0.29) is 17.4 Å². The zero-order valence-electron chi connectivity index (χ0n) is 12.5. The van der Waals surface area contributed by atoms with E-state index in [1.54, 1.807) is 6.92 Å². The molecule has 0 fully saturated rings. The van der Waals surface area contributed by atoms with Crippen LogP contribution in [0.3, 0.4) is 0 Å². The molecule has 3 nitrogen and oxygen atoms in total. The largest absolute Gasteiger partial charge is 0.351 e. The predicted octanol–water partition coefficient (Wildman–Crippen LogP) is 3.17. The van der Waals surface area contributed by atoms with Crippen molar-refractivity contribution in [3.05, 3.63) is 35.4 Å². The van der Waals surface area contributed by atoms with E-state index in [0.717, 1.165) is 11.1 Å². The lowest BCUT2D eigenvalue weighted by Crippen LogP contribution is -2.43. The fourth-order valence-corrected chi connectivity index (χ4v) is 1.87. The molecule has 1 amide bonds. The lowest BCUT2D eigenvalue weighted by molar-refractivity contribution is -0.125. The zero-order chi connectivity index (χ0) is 14.6. The Morgan fingerprint density at radius 1 is 1.37 bits per heavy atom. The van der Waals surface area contributed by atoms with Crippen molar-refractivity contribution in [3.8, 4) is 0 Å². The van der Waals surface area contributed by atoms with Crippen molar-refractivity contribution in [1.82, 2.24) is 5.32 Å². The van der Waals surface area contributed by atoms with E-state index in [9.17, 15) is 4.79 Å². The highest BCUT2D eigenvalue weighted by Gasteiger charge is 2.19. The Balaban J connectivity index is 2.71. The van der Waals surface area contributed by atoms with Gasteiger partial charge in [-0.1, -0.05) is 25.1 Å². The Labute approximate surface area is 115 Å². The van der Waals surface area contributed by atoms with Gasteiger partial charge in [-0.15, -0.1) is 0 Å². The molecule has 1 unspecified atom stereocenters. The molecule has 2 N–H and O–H groups in total. The molecule has 0 aromatic heterocycles. The lowest BCUT2D eigenvalue weighted by atomic mass is 9.97. The molecule has 0 saturated carbocycles. The molecule has 0 aliphatic heterocycles. The van der Waals surface area contributed by atoms with Gasteiger partial charge >= 0.3 is 0 Å². The number of carbonyl (C=O) groups excluding carboxylic acids is 1. The van der Waals surface area contributed by atoms with Crippen LogP contribution in [-0.4, -0.2) is 17.2 Å². The van der Waals surface area contributed by atoms with Gasteiger partial charge in [-0.25, -0.2) is 0 Å². The van der Waals surface area contributed by atoms with Crippen LogP contribution in [0.25, 0.3) is 0 Å². The Hall–Kier alpha value is -1.64. The van der Waals surface area contributed by atoms with Crippen molar-refractivity contribution in [2.24, 2.45) is 5.92 Å². The molecule has 0 bridgehead atoms. The Morgan fingerprint density at radius 3 is 2.53 bits per heavy atom. The van der Waals surface area contributed by atoms with Crippen molar-refractivity contribution in [3.63, 3.8) is 0 Å². The molecule has 3 heteroatoms. The average molecular weight is 260 g/mol. The summed E-state index contributed by atoms with van der Waals surface area (Å²) in [5.74, 6) is 0.00462. The summed E-state index contributed by atoms with van der Waals surface area (Å²) in [7, 11) is 0. The van der Waals surface area contributed by atoms with E-state index < -0.39 is 0 Å². The predicted molar refractivity (Wildman–Crippen MR) is 79.7 cm³/mol. The molecule has 0 aliphatic rings. The van der Waals surface area contributed by atoms with Crippen molar-refractivity contribution < 1.29 is 4.79 Å². The summed E-state index contributed by atoms with van der Waals surface area (Å²) < 4.78 is 0. The fraction of sp³-hybridized carbons (Fsp3) is 0.500. The van der Waals surface area contributed by atoms with Crippen LogP contribution in [0, 0.1) is 11.3 Å². The van der Waals surface area contributed by atoms with Crippen LogP contribution in [0.1, 0.15) is 45.7 Å². The van der Waals surface area contributed by atoms with Crippen LogP contribution in [0.2, 0.25) is 0 Å². The molecular formula is C16H24N2O. The molecule has 19 heavy (non-hydrogen) atoms. The van der Waals surface area contributed by atoms with Gasteiger partial charge in [0.1, 0.15) is 0 Å². The minimum atomic E-state index is -0.196. The molecule has 1 aromatic carbocycles. The molecule has 0 heterocycles. The van der Waals surface area contributed by atoms with Crippen molar-refractivity contribution in [2.45, 2.75) is 46.6 Å². The Morgan fingerprint density at radius 2 is 2.00 bits per heavy atom. The second kappa shape index (κ2) is 6.00. The lowest BCUT2D eigenvalue weighted by Gasteiger charge is -2.23. The number of carbonyl (C=O) groups is 1. The number of hydrogen-bond donors (Lipinski definition) is 2. The molecule has 1 atom stereocenters. The first-order valence-electron chi connectivity index (χ1n) is 6.65. The van der Waals surface area contributed by atoms with E-state index in [0.29, 0.717) is 12.1 Å². The monoisotopic (exact) mass is 260 g/mol. The summed E-state index contributed by atoms with van der Waals surface area (Å²) in [6.07, 6.45) is 0.697. The number of rotatable bonds is 4. The van der Waals surface area contributed by atoms with Crippen LogP contribution >= 0.6 is 0 Å². The zero-order valence-corrected chi connectivity index (χ0v) is 12.5. The van der Waals surface area contributed by atoms with Gasteiger partial charge < -0.3 is 10.7 Å². The molecule has 0 saturated heterocycles. The van der Waals surface area contributed by atoms with Crippen molar-refractivity contribution in [2.75, 3.05) is 0 Å². The maximum atomic E-state index is 12.0. The highest BCUT2D eigenvalue weighted by atomic mass is 16.2. The van der Waals surface area contributed by atoms with Crippen LogP contribution < -0.4 is 5.32 Å². The van der Waals surface area contributed by atoms with E-state index in [2.05, 4.69) is 5.32 Å². The SMILES string of the molecule is CC(=N)c1cccc(CC(C)C(=O)NC(C)(C)C)c1. The highest BCUT2D eigenvalue weighted by molar-refractivity contribution is 5.96. The van der Waals surface area contributed by atoms with E-state index >= 15 is 0 Å². The van der Waals surface area contributed by atoms with Gasteiger partial charge in [0.2, 0.25) is 5.91 Å². The van der Waals surface area contributed by atoms with E-state index in [4.69, 9.17) is 5.41 Å². The third-order valence-corrected chi connectivity index (χ3v) is 2.85. The van der Waals surface area contributed by atoms with Gasteiger partial charge in [-0.2, -0.15) is 0 Å². The number of amides is 1. The summed E-state index contributed by atoms with van der Waals surface area (Å²) in [6, 6.07) is 7.86. The molecule has 1 aromatic rings. The average Bonchev–Trinajstić information content (AvgIpc) is 2.27. The molecule has 1 rings (SSSR count). The molecule has 104 valence electrons. The Bertz CT molecular complexity index is 472.